The van der Waals surface area contributed by atoms with Crippen molar-refractivity contribution in [2.24, 2.45) is 10.1 Å². The first-order chi connectivity index (χ1) is 12.2. The van der Waals surface area contributed by atoms with Crippen molar-refractivity contribution >= 4 is 54.6 Å². The van der Waals surface area contributed by atoms with Crippen LogP contribution < -0.4 is 4.90 Å². The van der Waals surface area contributed by atoms with E-state index in [1.807, 2.05) is 43.3 Å². The predicted octanol–water partition coefficient (Wildman–Crippen LogP) is 1.76. The highest BCUT2D eigenvalue weighted by atomic mass is 32.3. The molecule has 2 aliphatic rings. The lowest BCUT2D eigenvalue weighted by atomic mass is 10.1. The molecule has 0 fully saturated rings. The Balaban J connectivity index is 1.94. The normalized spacial score (nSPS) is 18.7. The maximum atomic E-state index is 12.3. The summed E-state index contributed by atoms with van der Waals surface area (Å²) in [5, 5.41) is 13.4. The van der Waals surface area contributed by atoms with Crippen molar-refractivity contribution in [1.82, 2.24) is 5.01 Å². The van der Waals surface area contributed by atoms with Gasteiger partial charge in [0, 0.05) is 19.8 Å². The number of amides is 1. The molecule has 2 heterocycles. The van der Waals surface area contributed by atoms with Gasteiger partial charge in [0.15, 0.2) is 5.84 Å². The molecular weight excluding hydrogens is 374 g/mol. The molecule has 0 aliphatic carbocycles. The molecule has 0 aromatic heterocycles. The first kappa shape index (κ1) is 18.3. The average Bonchev–Trinajstić information content (AvgIpc) is 3.04. The quantitative estimate of drug-likeness (QED) is 0.787. The van der Waals surface area contributed by atoms with Crippen LogP contribution >= 0.6 is 11.8 Å². The van der Waals surface area contributed by atoms with Crippen molar-refractivity contribution in [3.8, 4) is 0 Å². The third kappa shape index (κ3) is 3.29. The molecule has 3 rings (SSSR count). The van der Waals surface area contributed by atoms with Gasteiger partial charge in [0.1, 0.15) is 0 Å². The Morgan fingerprint density at radius 2 is 1.92 bits per heavy atom. The van der Waals surface area contributed by atoms with Gasteiger partial charge in [0.05, 0.1) is 11.3 Å². The molecule has 0 atom stereocenters. The number of anilines is 1. The fourth-order valence-corrected chi connectivity index (χ4v) is 4.42. The molecular formula is C16H17N5O3S2. The largest absolute Gasteiger partial charge is 0.378 e. The summed E-state index contributed by atoms with van der Waals surface area (Å²) >= 11 is 0.791. The second-order valence-corrected chi connectivity index (χ2v) is 9.18. The van der Waals surface area contributed by atoms with Crippen LogP contribution in [0.2, 0.25) is 0 Å². The van der Waals surface area contributed by atoms with E-state index in [0.717, 1.165) is 28.0 Å². The van der Waals surface area contributed by atoms with Crippen molar-refractivity contribution in [3.05, 3.63) is 35.4 Å². The Labute approximate surface area is 155 Å². The molecule has 0 saturated heterocycles. The van der Waals surface area contributed by atoms with Gasteiger partial charge >= 0.3 is 0 Å². The zero-order chi connectivity index (χ0) is 19.1. The lowest BCUT2D eigenvalue weighted by molar-refractivity contribution is -0.114. The van der Waals surface area contributed by atoms with E-state index in [9.17, 15) is 13.2 Å². The van der Waals surface area contributed by atoms with Gasteiger partial charge in [0.25, 0.3) is 5.91 Å². The van der Waals surface area contributed by atoms with Gasteiger partial charge in [0.2, 0.25) is 19.4 Å². The number of carbonyl (C=O) groups excluding carboxylic acids is 1. The van der Waals surface area contributed by atoms with E-state index >= 15 is 0 Å². The predicted molar refractivity (Wildman–Crippen MR) is 105 cm³/mol. The fraction of sp³-hybridized carbons (Fsp3) is 0.250. The summed E-state index contributed by atoms with van der Waals surface area (Å²) in [4.78, 5) is 18.1. The summed E-state index contributed by atoms with van der Waals surface area (Å²) in [6.45, 7) is 1.51. The summed E-state index contributed by atoms with van der Waals surface area (Å²) in [6.07, 6.45) is 1.55. The van der Waals surface area contributed by atoms with Crippen molar-refractivity contribution in [2.75, 3.05) is 24.7 Å². The fourth-order valence-electron chi connectivity index (χ4n) is 2.26. The van der Waals surface area contributed by atoms with E-state index in [1.165, 1.54) is 6.92 Å². The minimum Gasteiger partial charge on any atom is -0.378 e. The third-order valence-corrected chi connectivity index (χ3v) is 6.89. The number of benzene rings is 1. The zero-order valence-corrected chi connectivity index (χ0v) is 16.1. The van der Waals surface area contributed by atoms with E-state index in [0.29, 0.717) is 0 Å². The number of nitrogens with one attached hydrogen (secondary N) is 1. The summed E-state index contributed by atoms with van der Waals surface area (Å²) in [5.74, 6) is -0.886. The van der Waals surface area contributed by atoms with Gasteiger partial charge in [-0.2, -0.15) is 10.0 Å². The third-order valence-electron chi connectivity index (χ3n) is 3.80. The van der Waals surface area contributed by atoms with Crippen molar-refractivity contribution in [3.63, 3.8) is 0 Å². The van der Waals surface area contributed by atoms with E-state index < -0.39 is 15.7 Å². The van der Waals surface area contributed by atoms with Crippen LogP contribution in [0.3, 0.4) is 0 Å². The molecule has 0 saturated carbocycles. The molecule has 1 aromatic rings. The van der Waals surface area contributed by atoms with Gasteiger partial charge in [-0.3, -0.25) is 10.2 Å². The first-order valence-corrected chi connectivity index (χ1v) is 10.2. The van der Waals surface area contributed by atoms with Gasteiger partial charge in [-0.05, 0) is 35.5 Å². The number of hydrogen-bond donors (Lipinski definition) is 1. The second kappa shape index (κ2) is 6.69. The second-order valence-electron chi connectivity index (χ2n) is 5.78. The van der Waals surface area contributed by atoms with Gasteiger partial charge in [-0.15, -0.1) is 5.10 Å². The monoisotopic (exact) mass is 391 g/mol. The molecule has 0 radical (unpaired) electrons. The molecule has 26 heavy (non-hydrogen) atoms. The Kier molecular flexibility index (Phi) is 4.72. The maximum absolute atomic E-state index is 12.3. The minimum atomic E-state index is -3.53. The highest BCUT2D eigenvalue weighted by Gasteiger charge is 2.39. The van der Waals surface area contributed by atoms with Gasteiger partial charge < -0.3 is 4.90 Å². The number of amidine groups is 2. The molecule has 8 nitrogen and oxygen atoms in total. The molecule has 2 aliphatic heterocycles. The maximum Gasteiger partial charge on any atom is 0.283 e. The van der Waals surface area contributed by atoms with Gasteiger partial charge in [-0.1, -0.05) is 19.1 Å². The van der Waals surface area contributed by atoms with Crippen LogP contribution in [0, 0.1) is 5.41 Å². The molecule has 1 amide bonds. The van der Waals surface area contributed by atoms with Crippen molar-refractivity contribution in [1.29, 1.82) is 5.41 Å². The van der Waals surface area contributed by atoms with E-state index in [4.69, 9.17) is 5.41 Å². The van der Waals surface area contributed by atoms with Gasteiger partial charge in [-0.25, -0.2) is 8.42 Å². The summed E-state index contributed by atoms with van der Waals surface area (Å²) in [7, 11) is 0.323. The molecule has 1 aromatic carbocycles. The van der Waals surface area contributed by atoms with Crippen LogP contribution in [-0.4, -0.2) is 54.6 Å². The van der Waals surface area contributed by atoms with Crippen LogP contribution in [0.25, 0.3) is 6.08 Å². The van der Waals surface area contributed by atoms with Crippen LogP contribution in [0.15, 0.2) is 39.9 Å². The Hall–Kier alpha value is -2.46. The summed E-state index contributed by atoms with van der Waals surface area (Å²) in [6, 6.07) is 7.45. The number of aliphatic imine (C=N–C) groups is 1. The Morgan fingerprint density at radius 1 is 1.27 bits per heavy atom. The number of hydrazone groups is 1. The number of hydrogen-bond acceptors (Lipinski definition) is 7. The molecule has 136 valence electrons. The number of nitrogens with zero attached hydrogens (tertiary/aromatic N) is 4. The van der Waals surface area contributed by atoms with Crippen LogP contribution in [0.4, 0.5) is 5.69 Å². The zero-order valence-electron chi connectivity index (χ0n) is 14.4. The molecule has 10 heteroatoms. The molecule has 1 N–H and O–H groups in total. The van der Waals surface area contributed by atoms with Crippen LogP contribution in [0.5, 0.6) is 0 Å². The topological polar surface area (TPSA) is 106 Å². The Bertz CT molecular complexity index is 976. The smallest absolute Gasteiger partial charge is 0.283 e. The Morgan fingerprint density at radius 3 is 2.50 bits per heavy atom. The summed E-state index contributed by atoms with van der Waals surface area (Å²) in [5.41, 5.74) is 1.80. The summed E-state index contributed by atoms with van der Waals surface area (Å²) < 4.78 is 23.8. The average molecular weight is 391 g/mol. The SMILES string of the molecule is CCS(=O)(=O)C1=NN2C(=N)/C(=C/c3ccc(N(C)C)cc3)C(=O)N=C2S1. The van der Waals surface area contributed by atoms with Crippen LogP contribution in [-0.2, 0) is 14.6 Å². The lowest BCUT2D eigenvalue weighted by Gasteiger charge is -2.20. The number of sulfone groups is 1. The molecule has 0 spiro atoms. The standard InChI is InChI=1S/C16H17N5O3S2/c1-4-26(23,24)16-19-21-13(17)12(14(22)18-15(21)25-16)9-10-5-7-11(8-6-10)20(2)3/h5-9,17H,4H2,1-3H3/b12-9-,17-13?. The van der Waals surface area contributed by atoms with Crippen molar-refractivity contribution < 1.29 is 13.2 Å². The minimum absolute atomic E-state index is 0.0610. The van der Waals surface area contributed by atoms with E-state index in [1.54, 1.807) is 6.08 Å². The molecule has 0 bridgehead atoms. The van der Waals surface area contributed by atoms with E-state index in [2.05, 4.69) is 10.1 Å². The van der Waals surface area contributed by atoms with Crippen LogP contribution in [0.1, 0.15) is 12.5 Å². The number of rotatable bonds is 3. The molecule has 0 unspecified atom stereocenters. The number of carbonyl (C=O) groups is 1. The lowest BCUT2D eigenvalue weighted by Crippen LogP contribution is -2.35. The number of thioether (sulfide) groups is 1. The number of fused-ring (bicyclic) bond motifs is 1. The van der Waals surface area contributed by atoms with E-state index in [-0.39, 0.29) is 26.7 Å². The highest BCUT2D eigenvalue weighted by molar-refractivity contribution is 8.42. The first-order valence-electron chi connectivity index (χ1n) is 7.73. The highest BCUT2D eigenvalue weighted by Crippen LogP contribution is 2.30. The van der Waals surface area contributed by atoms with Crippen molar-refractivity contribution in [2.45, 2.75) is 6.92 Å².